The first kappa shape index (κ1) is 20.0. The van der Waals surface area contributed by atoms with E-state index in [0.29, 0.717) is 10.6 Å². The van der Waals surface area contributed by atoms with Crippen LogP contribution >= 0.6 is 11.6 Å². The lowest BCUT2D eigenvalue weighted by molar-refractivity contribution is -0.139. The second kappa shape index (κ2) is 8.59. The van der Waals surface area contributed by atoms with E-state index in [0.717, 1.165) is 22.3 Å². The van der Waals surface area contributed by atoms with Gasteiger partial charge in [0.05, 0.1) is 0 Å². The van der Waals surface area contributed by atoms with Gasteiger partial charge < -0.3 is 15.2 Å². The normalized spacial score (nSPS) is 13.2. The minimum Gasteiger partial charge on any atom is -0.480 e. The molecule has 0 heterocycles. The van der Waals surface area contributed by atoms with Crippen LogP contribution in [0.5, 0.6) is 0 Å². The van der Waals surface area contributed by atoms with Gasteiger partial charge >= 0.3 is 12.1 Å². The van der Waals surface area contributed by atoms with Crippen molar-refractivity contribution in [2.24, 2.45) is 0 Å². The fourth-order valence-electron chi connectivity index (χ4n) is 3.87. The van der Waals surface area contributed by atoms with Crippen LogP contribution in [0.25, 0.3) is 11.1 Å². The zero-order valence-corrected chi connectivity index (χ0v) is 16.8. The Morgan fingerprint density at radius 1 is 0.933 bits per heavy atom. The van der Waals surface area contributed by atoms with Gasteiger partial charge in [-0.25, -0.2) is 9.59 Å². The summed E-state index contributed by atoms with van der Waals surface area (Å²) in [5, 5.41) is 12.4. The molecule has 0 aliphatic heterocycles. The summed E-state index contributed by atoms with van der Waals surface area (Å²) < 4.78 is 5.44. The van der Waals surface area contributed by atoms with Gasteiger partial charge in [-0.3, -0.25) is 0 Å². The summed E-state index contributed by atoms with van der Waals surface area (Å²) >= 11 is 6.12. The molecule has 1 atom stereocenters. The third-order valence-corrected chi connectivity index (χ3v) is 5.68. The molecular formula is C24H20ClNO4. The lowest BCUT2D eigenvalue weighted by atomic mass is 9.98. The first-order chi connectivity index (χ1) is 14.5. The number of alkyl carbamates (subject to hydrolysis) is 1. The molecule has 1 aliphatic rings. The number of hydrogen-bond acceptors (Lipinski definition) is 3. The number of nitrogens with one attached hydrogen (secondary N) is 1. The minimum absolute atomic E-state index is 0.0687. The smallest absolute Gasteiger partial charge is 0.407 e. The highest BCUT2D eigenvalue weighted by Gasteiger charge is 2.29. The molecule has 0 unspecified atom stereocenters. The number of amides is 1. The molecule has 0 radical (unpaired) electrons. The summed E-state index contributed by atoms with van der Waals surface area (Å²) in [6, 6.07) is 21.9. The van der Waals surface area contributed by atoms with Crippen LogP contribution in [-0.2, 0) is 16.0 Å². The standard InChI is InChI=1S/C24H20ClNO4/c25-21-12-6-1-7-15(21)13-22(23(27)28)26-24(29)30-14-20-18-10-4-2-8-16(18)17-9-3-5-11-19(17)20/h1-12,20,22H,13-14H2,(H,26,29)(H,27,28)/t22-/m1/s1. The molecule has 0 saturated carbocycles. The van der Waals surface area contributed by atoms with Crippen molar-refractivity contribution in [3.8, 4) is 11.1 Å². The van der Waals surface area contributed by atoms with Gasteiger partial charge in [0.15, 0.2) is 0 Å². The Morgan fingerprint density at radius 3 is 2.10 bits per heavy atom. The molecule has 5 nitrogen and oxygen atoms in total. The van der Waals surface area contributed by atoms with E-state index in [4.69, 9.17) is 16.3 Å². The highest BCUT2D eigenvalue weighted by Crippen LogP contribution is 2.44. The SMILES string of the molecule is O=C(N[C@H](Cc1ccccc1Cl)C(=O)O)OCC1c2ccccc2-c2ccccc21. The number of carboxylic acids is 1. The lowest BCUT2D eigenvalue weighted by Crippen LogP contribution is -2.43. The van der Waals surface area contributed by atoms with Crippen LogP contribution in [0.2, 0.25) is 5.02 Å². The van der Waals surface area contributed by atoms with Crippen molar-refractivity contribution >= 4 is 23.7 Å². The molecule has 0 saturated heterocycles. The van der Waals surface area contributed by atoms with Gasteiger partial charge in [-0.05, 0) is 33.9 Å². The van der Waals surface area contributed by atoms with Crippen molar-refractivity contribution in [1.29, 1.82) is 0 Å². The fraction of sp³-hybridized carbons (Fsp3) is 0.167. The maximum absolute atomic E-state index is 12.4. The van der Waals surface area contributed by atoms with E-state index >= 15 is 0 Å². The van der Waals surface area contributed by atoms with E-state index in [-0.39, 0.29) is 18.9 Å². The Morgan fingerprint density at radius 2 is 1.50 bits per heavy atom. The first-order valence-electron chi connectivity index (χ1n) is 9.62. The monoisotopic (exact) mass is 421 g/mol. The van der Waals surface area contributed by atoms with Crippen LogP contribution in [0.1, 0.15) is 22.6 Å². The van der Waals surface area contributed by atoms with Gasteiger partial charge in [0.2, 0.25) is 0 Å². The van der Waals surface area contributed by atoms with Gasteiger partial charge in [0, 0.05) is 17.4 Å². The van der Waals surface area contributed by atoms with Gasteiger partial charge in [-0.2, -0.15) is 0 Å². The molecule has 1 amide bonds. The number of benzene rings is 3. The Bertz CT molecular complexity index is 1050. The Kier molecular flexibility index (Phi) is 5.72. The number of ether oxygens (including phenoxy) is 1. The first-order valence-corrected chi connectivity index (χ1v) is 10.00. The number of halogens is 1. The minimum atomic E-state index is -1.15. The third-order valence-electron chi connectivity index (χ3n) is 5.32. The van der Waals surface area contributed by atoms with E-state index in [1.807, 2.05) is 36.4 Å². The highest BCUT2D eigenvalue weighted by atomic mass is 35.5. The van der Waals surface area contributed by atoms with Crippen molar-refractivity contribution in [2.75, 3.05) is 6.61 Å². The summed E-state index contributed by atoms with van der Waals surface area (Å²) in [6.45, 7) is 0.123. The van der Waals surface area contributed by atoms with Crippen LogP contribution in [0.4, 0.5) is 4.79 Å². The molecule has 1 aliphatic carbocycles. The van der Waals surface area contributed by atoms with Gasteiger partial charge in [-0.15, -0.1) is 0 Å². The Labute approximate surface area is 179 Å². The number of aliphatic carboxylic acids is 1. The predicted molar refractivity (Wildman–Crippen MR) is 115 cm³/mol. The molecule has 152 valence electrons. The van der Waals surface area contributed by atoms with Crippen LogP contribution < -0.4 is 5.32 Å². The summed E-state index contributed by atoms with van der Waals surface area (Å²) in [7, 11) is 0. The molecule has 0 fully saturated rings. The van der Waals surface area contributed by atoms with E-state index in [9.17, 15) is 14.7 Å². The molecule has 0 bridgehead atoms. The van der Waals surface area contributed by atoms with Crippen molar-refractivity contribution < 1.29 is 19.4 Å². The number of rotatable bonds is 6. The van der Waals surface area contributed by atoms with Crippen molar-refractivity contribution in [2.45, 2.75) is 18.4 Å². The molecule has 0 spiro atoms. The summed E-state index contributed by atoms with van der Waals surface area (Å²) in [6.07, 6.45) is -0.699. The number of carboxylic acid groups (broad SMARTS) is 1. The Hall–Kier alpha value is -3.31. The number of hydrogen-bond donors (Lipinski definition) is 2. The molecule has 2 N–H and O–H groups in total. The van der Waals surface area contributed by atoms with Crippen LogP contribution in [0.15, 0.2) is 72.8 Å². The largest absolute Gasteiger partial charge is 0.480 e. The quantitative estimate of drug-likeness (QED) is 0.595. The van der Waals surface area contributed by atoms with Gasteiger partial charge in [0.25, 0.3) is 0 Å². The molecule has 3 aromatic rings. The van der Waals surface area contributed by atoms with Crippen LogP contribution in [-0.4, -0.2) is 29.8 Å². The van der Waals surface area contributed by atoms with Gasteiger partial charge in [0.1, 0.15) is 12.6 Å². The van der Waals surface area contributed by atoms with Crippen LogP contribution in [0.3, 0.4) is 0 Å². The number of carbonyl (C=O) groups is 2. The van der Waals surface area contributed by atoms with E-state index < -0.39 is 18.1 Å². The van der Waals surface area contributed by atoms with E-state index in [1.165, 1.54) is 0 Å². The average Bonchev–Trinajstić information content (AvgIpc) is 3.07. The predicted octanol–water partition coefficient (Wildman–Crippen LogP) is 4.87. The van der Waals surface area contributed by atoms with Gasteiger partial charge in [-0.1, -0.05) is 78.3 Å². The summed E-state index contributed by atoms with van der Waals surface area (Å²) in [5.74, 6) is -1.24. The zero-order valence-electron chi connectivity index (χ0n) is 16.0. The average molecular weight is 422 g/mol. The van der Waals surface area contributed by atoms with Crippen molar-refractivity contribution in [3.05, 3.63) is 94.5 Å². The molecule has 0 aromatic heterocycles. The topological polar surface area (TPSA) is 75.6 Å². The molecule has 6 heteroatoms. The fourth-order valence-corrected chi connectivity index (χ4v) is 4.08. The lowest BCUT2D eigenvalue weighted by Gasteiger charge is -2.18. The molecule has 30 heavy (non-hydrogen) atoms. The zero-order chi connectivity index (χ0) is 21.1. The molecular weight excluding hydrogens is 402 g/mol. The molecule has 4 rings (SSSR count). The second-order valence-electron chi connectivity index (χ2n) is 7.16. The second-order valence-corrected chi connectivity index (χ2v) is 7.56. The molecule has 3 aromatic carbocycles. The maximum Gasteiger partial charge on any atom is 0.407 e. The van der Waals surface area contributed by atoms with E-state index in [1.54, 1.807) is 24.3 Å². The van der Waals surface area contributed by atoms with Crippen molar-refractivity contribution in [1.82, 2.24) is 5.32 Å². The van der Waals surface area contributed by atoms with Crippen molar-refractivity contribution in [3.63, 3.8) is 0 Å². The highest BCUT2D eigenvalue weighted by molar-refractivity contribution is 6.31. The third kappa shape index (κ3) is 4.02. The van der Waals surface area contributed by atoms with Crippen LogP contribution in [0, 0.1) is 0 Å². The maximum atomic E-state index is 12.4. The Balaban J connectivity index is 1.44. The van der Waals surface area contributed by atoms with E-state index in [2.05, 4.69) is 17.4 Å². The number of fused-ring (bicyclic) bond motifs is 3. The summed E-state index contributed by atoms with van der Waals surface area (Å²) in [4.78, 5) is 24.0. The summed E-state index contributed by atoms with van der Waals surface area (Å²) in [5.41, 5.74) is 5.09. The number of carbonyl (C=O) groups excluding carboxylic acids is 1.